The standard InChI is InChI=1S/C39H27N5O15S5.4Na/c45-37-33(63(54,55)56)19-22-17-29(61(48,49)50)13-15-31(22)35(37)43-41-25-3-1-21(2-4-25)39(47)40-24-5-9-27(10-6-24)60-28-11-7-26(8-12-28)42-44-36-32-16-14-30(62(51,52)53)18-23(32)20-34(38(36)46)64(57,58)59;;;;/h1-20,45-46H,(H,40,47)(H,48,49,50)(H,51,52,53)(H,54,55,56)(H,57,58,59);;;;. The average molecular weight is 1060 g/mol. The van der Waals surface area contributed by atoms with Gasteiger partial charge in [0.15, 0.2) is 11.5 Å². The summed E-state index contributed by atoms with van der Waals surface area (Å²) in [5, 5.41) is 39.9. The molecule has 68 heavy (non-hydrogen) atoms. The molecule has 7 aromatic carbocycles. The molecule has 0 saturated heterocycles. The van der Waals surface area contributed by atoms with Crippen molar-refractivity contribution in [3.05, 3.63) is 127 Å². The molecule has 0 aromatic heterocycles. The third kappa shape index (κ3) is 14.3. The molecule has 0 aliphatic rings. The summed E-state index contributed by atoms with van der Waals surface area (Å²) in [6, 6.07) is 26.9. The topological polar surface area (TPSA) is 336 Å². The first-order chi connectivity index (χ1) is 30.0. The van der Waals surface area contributed by atoms with E-state index in [0.717, 1.165) is 52.3 Å². The van der Waals surface area contributed by atoms with Crippen molar-refractivity contribution in [2.75, 3.05) is 5.32 Å². The molecule has 4 radical (unpaired) electrons. The van der Waals surface area contributed by atoms with Gasteiger partial charge in [0, 0.05) is 150 Å². The van der Waals surface area contributed by atoms with Gasteiger partial charge < -0.3 is 15.5 Å². The molecule has 0 heterocycles. The molecule has 0 spiro atoms. The Morgan fingerprint density at radius 3 is 1.19 bits per heavy atom. The Kier molecular flexibility index (Phi) is 20.8. The predicted octanol–water partition coefficient (Wildman–Crippen LogP) is 7.10. The van der Waals surface area contributed by atoms with Gasteiger partial charge in [-0.2, -0.15) is 43.9 Å². The largest absolute Gasteiger partial charge is 0.504 e. The van der Waals surface area contributed by atoms with E-state index >= 15 is 0 Å². The van der Waals surface area contributed by atoms with Crippen LogP contribution in [0.15, 0.2) is 171 Å². The first-order valence-electron chi connectivity index (χ1n) is 17.6. The first kappa shape index (κ1) is 59.6. The van der Waals surface area contributed by atoms with Crippen LogP contribution in [0.5, 0.6) is 11.5 Å². The Balaban J connectivity index is 0.00000306. The van der Waals surface area contributed by atoms with Crippen LogP contribution in [0.1, 0.15) is 10.4 Å². The molecule has 0 aliphatic heterocycles. The summed E-state index contributed by atoms with van der Waals surface area (Å²) < 4.78 is 132. The molecule has 0 aliphatic carbocycles. The number of nitrogens with one attached hydrogen (secondary N) is 1. The third-order valence-electron chi connectivity index (χ3n) is 9.04. The average Bonchev–Trinajstić information content (AvgIpc) is 3.22. The van der Waals surface area contributed by atoms with Gasteiger partial charge in [0.1, 0.15) is 21.2 Å². The van der Waals surface area contributed by atoms with Gasteiger partial charge in [-0.1, -0.05) is 23.9 Å². The fraction of sp³-hybridized carbons (Fsp3) is 0. The number of phenols is 2. The van der Waals surface area contributed by atoms with Crippen LogP contribution in [-0.4, -0.2) is 186 Å². The third-order valence-corrected chi connectivity index (χ3v) is 13.5. The Morgan fingerprint density at radius 2 is 0.824 bits per heavy atom. The maximum absolute atomic E-state index is 13.0. The number of amides is 1. The number of carbonyl (C=O) groups excluding carboxylic acids is 1. The number of nitrogens with zero attached hydrogens (tertiary/aromatic N) is 4. The predicted molar refractivity (Wildman–Crippen MR) is 253 cm³/mol. The maximum Gasteiger partial charge on any atom is 0.298 e. The summed E-state index contributed by atoms with van der Waals surface area (Å²) in [5.74, 6) is -2.39. The number of carbonyl (C=O) groups is 1. The van der Waals surface area contributed by atoms with E-state index in [9.17, 15) is 66.9 Å². The molecule has 1 amide bonds. The van der Waals surface area contributed by atoms with Crippen molar-refractivity contribution in [3.8, 4) is 11.5 Å². The number of anilines is 1. The Labute approximate surface area is 480 Å². The fourth-order valence-corrected chi connectivity index (χ4v) is 9.08. The Hall–Kier alpha value is -2.68. The van der Waals surface area contributed by atoms with Gasteiger partial charge >= 0.3 is 0 Å². The van der Waals surface area contributed by atoms with Crippen molar-refractivity contribution >= 4 is 226 Å². The zero-order valence-corrected chi connectivity index (χ0v) is 47.8. The monoisotopic (exact) mass is 1060 g/mol. The van der Waals surface area contributed by atoms with E-state index in [4.69, 9.17) is 0 Å². The van der Waals surface area contributed by atoms with Crippen molar-refractivity contribution < 1.29 is 66.9 Å². The number of rotatable bonds is 12. The molecule has 0 atom stereocenters. The van der Waals surface area contributed by atoms with Crippen LogP contribution in [-0.2, 0) is 40.5 Å². The van der Waals surface area contributed by atoms with Crippen LogP contribution in [0, 0.1) is 0 Å². The maximum atomic E-state index is 13.0. The molecule has 7 N–H and O–H groups in total. The van der Waals surface area contributed by atoms with Gasteiger partial charge in [-0.25, -0.2) is 0 Å². The summed E-state index contributed by atoms with van der Waals surface area (Å²) in [5.41, 5.74) is 0.284. The van der Waals surface area contributed by atoms with E-state index < -0.39 is 83.1 Å². The van der Waals surface area contributed by atoms with E-state index in [1.165, 1.54) is 42.1 Å². The molecule has 0 fully saturated rings. The van der Waals surface area contributed by atoms with Crippen LogP contribution < -0.4 is 5.32 Å². The van der Waals surface area contributed by atoms with Crippen molar-refractivity contribution in [3.63, 3.8) is 0 Å². The number of phenolic OH excluding ortho intramolecular Hbond substituents is 2. The van der Waals surface area contributed by atoms with Gasteiger partial charge in [0.05, 0.1) is 21.2 Å². The van der Waals surface area contributed by atoms with Gasteiger partial charge in [0.2, 0.25) is 0 Å². The van der Waals surface area contributed by atoms with Crippen molar-refractivity contribution in [2.24, 2.45) is 20.5 Å². The second-order valence-electron chi connectivity index (χ2n) is 13.3. The number of hydrogen-bond acceptors (Lipinski definition) is 16. The normalized spacial score (nSPS) is 11.9. The first-order valence-corrected chi connectivity index (χ1v) is 24.2. The van der Waals surface area contributed by atoms with E-state index in [1.807, 2.05) is 0 Å². The summed E-state index contributed by atoms with van der Waals surface area (Å²) in [4.78, 5) is 11.5. The summed E-state index contributed by atoms with van der Waals surface area (Å²) >= 11 is 1.36. The molecule has 29 heteroatoms. The van der Waals surface area contributed by atoms with E-state index in [1.54, 1.807) is 48.5 Å². The molecule has 7 rings (SSSR count). The molecule has 0 unspecified atom stereocenters. The molecular weight excluding hydrogens is 1030 g/mol. The van der Waals surface area contributed by atoms with Crippen molar-refractivity contribution in [1.29, 1.82) is 0 Å². The van der Waals surface area contributed by atoms with Gasteiger partial charge in [-0.15, -0.1) is 10.2 Å². The second kappa shape index (κ2) is 23.7. The van der Waals surface area contributed by atoms with Gasteiger partial charge in [-0.05, 0) is 120 Å². The van der Waals surface area contributed by atoms with Crippen molar-refractivity contribution in [1.82, 2.24) is 0 Å². The number of aromatic hydroxyl groups is 2. The molecular formula is C39H27N5Na4O15S5. The van der Waals surface area contributed by atoms with Crippen LogP contribution in [0.25, 0.3) is 21.5 Å². The minimum atomic E-state index is -5.01. The van der Waals surface area contributed by atoms with Crippen LogP contribution in [0.4, 0.5) is 28.4 Å². The van der Waals surface area contributed by atoms with Gasteiger partial charge in [0.25, 0.3) is 46.4 Å². The number of fused-ring (bicyclic) bond motifs is 2. The summed E-state index contributed by atoms with van der Waals surface area (Å²) in [6.07, 6.45) is 0. The van der Waals surface area contributed by atoms with E-state index in [-0.39, 0.29) is 162 Å². The Bertz CT molecular complexity index is 3590. The molecule has 332 valence electrons. The van der Waals surface area contributed by atoms with E-state index in [2.05, 4.69) is 25.8 Å². The smallest absolute Gasteiger partial charge is 0.298 e. The molecule has 20 nitrogen and oxygen atoms in total. The zero-order chi connectivity index (χ0) is 46.4. The number of azo groups is 2. The van der Waals surface area contributed by atoms with Crippen LogP contribution >= 0.6 is 11.8 Å². The number of hydrogen-bond donors (Lipinski definition) is 7. The van der Waals surface area contributed by atoms with Crippen LogP contribution in [0.3, 0.4) is 0 Å². The van der Waals surface area contributed by atoms with Crippen LogP contribution in [0.2, 0.25) is 0 Å². The Morgan fingerprint density at radius 1 is 0.456 bits per heavy atom. The van der Waals surface area contributed by atoms with Gasteiger partial charge in [-0.3, -0.25) is 23.0 Å². The summed E-state index contributed by atoms with van der Waals surface area (Å²) in [7, 11) is -19.4. The molecule has 0 bridgehead atoms. The molecule has 0 saturated carbocycles. The summed E-state index contributed by atoms with van der Waals surface area (Å²) in [6.45, 7) is 0. The van der Waals surface area contributed by atoms with Crippen molar-refractivity contribution in [2.45, 2.75) is 29.4 Å². The fourth-order valence-electron chi connectivity index (χ4n) is 6.00. The number of benzene rings is 7. The SMILES string of the molecule is O=C(Nc1ccc(Sc2ccc(N=Nc3c(O)c(S(=O)(=O)O)cc4cc(S(=O)(=O)O)ccc34)cc2)cc1)c1ccc(N=Nc2c(O)c(S(=O)(=O)O)cc3cc(S(=O)(=O)O)ccc23)cc1.[Na].[Na].[Na].[Na]. The quantitative estimate of drug-likeness (QED) is 0.0364. The second-order valence-corrected chi connectivity index (χ2v) is 20.1. The minimum absolute atomic E-state index is 0. The minimum Gasteiger partial charge on any atom is -0.504 e. The molecule has 7 aromatic rings. The van der Waals surface area contributed by atoms with E-state index in [0.29, 0.717) is 5.69 Å². The zero-order valence-electron chi connectivity index (χ0n) is 35.7.